The van der Waals surface area contributed by atoms with Gasteiger partial charge in [-0.25, -0.2) is 0 Å². The lowest BCUT2D eigenvalue weighted by Gasteiger charge is -2.29. The van der Waals surface area contributed by atoms with Gasteiger partial charge in [0.15, 0.2) is 0 Å². The maximum Gasteiger partial charge on any atom is 0.251 e. The molecule has 0 aromatic rings. The second-order valence-electron chi connectivity index (χ2n) is 4.99. The van der Waals surface area contributed by atoms with Gasteiger partial charge in [-0.05, 0) is 24.7 Å². The van der Waals surface area contributed by atoms with Gasteiger partial charge in [0, 0.05) is 13.1 Å². The molecule has 0 spiro atoms. The van der Waals surface area contributed by atoms with Gasteiger partial charge in [0.25, 0.3) is 5.91 Å². The van der Waals surface area contributed by atoms with Gasteiger partial charge in [-0.2, -0.15) is 0 Å². The first kappa shape index (κ1) is 11.5. The zero-order valence-corrected chi connectivity index (χ0v) is 9.58. The van der Waals surface area contributed by atoms with Crippen molar-refractivity contribution in [1.29, 1.82) is 0 Å². The molecule has 0 unspecified atom stereocenters. The summed E-state index contributed by atoms with van der Waals surface area (Å²) in [5.41, 5.74) is 0.227. The molecule has 3 heteroatoms. The van der Waals surface area contributed by atoms with Crippen LogP contribution in [0, 0.1) is 11.3 Å². The Kier molecular flexibility index (Phi) is 3.20. The second-order valence-corrected chi connectivity index (χ2v) is 4.99. The molecule has 1 amide bonds. The minimum atomic E-state index is -0.857. The largest absolute Gasteiger partial charge is 0.384 e. The normalized spacial score (nSPS) is 29.7. The molecule has 2 atom stereocenters. The molecule has 1 aliphatic rings. The summed E-state index contributed by atoms with van der Waals surface area (Å²) in [5, 5.41) is 9.20. The first-order valence-electron chi connectivity index (χ1n) is 5.33. The lowest BCUT2D eigenvalue weighted by Crippen LogP contribution is -2.38. The average Bonchev–Trinajstić information content (AvgIpc) is 2.48. The van der Waals surface area contributed by atoms with Crippen molar-refractivity contribution in [2.24, 2.45) is 11.3 Å². The Morgan fingerprint density at radius 1 is 1.43 bits per heavy atom. The van der Waals surface area contributed by atoms with E-state index in [1.54, 1.807) is 4.90 Å². The van der Waals surface area contributed by atoms with Crippen molar-refractivity contribution in [3.63, 3.8) is 0 Å². The summed E-state index contributed by atoms with van der Waals surface area (Å²) in [7, 11) is 0. The average molecular weight is 199 g/mol. The van der Waals surface area contributed by atoms with Crippen molar-refractivity contribution in [1.82, 2.24) is 4.90 Å². The number of rotatable bonds is 2. The van der Waals surface area contributed by atoms with Gasteiger partial charge in [0.1, 0.15) is 6.10 Å². The summed E-state index contributed by atoms with van der Waals surface area (Å²) in [6.07, 6.45) is 0.188. The Balaban J connectivity index is 2.61. The number of hydrogen-bond acceptors (Lipinski definition) is 2. The molecule has 1 rings (SSSR count). The molecule has 1 N–H and O–H groups in total. The molecule has 1 saturated heterocycles. The Hall–Kier alpha value is -0.570. The third kappa shape index (κ3) is 2.08. The van der Waals surface area contributed by atoms with Crippen molar-refractivity contribution in [2.75, 3.05) is 13.1 Å². The van der Waals surface area contributed by atoms with Gasteiger partial charge in [-0.1, -0.05) is 20.8 Å². The van der Waals surface area contributed by atoms with Crippen molar-refractivity contribution in [2.45, 2.75) is 40.2 Å². The fourth-order valence-corrected chi connectivity index (χ4v) is 1.91. The van der Waals surface area contributed by atoms with Crippen LogP contribution < -0.4 is 0 Å². The highest BCUT2D eigenvalue weighted by Crippen LogP contribution is 2.37. The van der Waals surface area contributed by atoms with Crippen LogP contribution in [0.5, 0.6) is 0 Å². The van der Waals surface area contributed by atoms with Gasteiger partial charge in [0.05, 0.1) is 0 Å². The van der Waals surface area contributed by atoms with Gasteiger partial charge in [-0.3, -0.25) is 4.79 Å². The van der Waals surface area contributed by atoms with E-state index in [0.29, 0.717) is 5.92 Å². The van der Waals surface area contributed by atoms with E-state index >= 15 is 0 Å². The molecule has 0 saturated carbocycles. The molecule has 82 valence electrons. The number of aliphatic hydroxyl groups excluding tert-OH is 1. The molecule has 0 bridgehead atoms. The summed E-state index contributed by atoms with van der Waals surface area (Å²) in [5.74, 6) is 0.448. The van der Waals surface area contributed by atoms with E-state index in [1.807, 2.05) is 0 Å². The maximum atomic E-state index is 11.5. The number of amides is 1. The van der Waals surface area contributed by atoms with Crippen LogP contribution in [0.25, 0.3) is 0 Å². The highest BCUT2D eigenvalue weighted by Gasteiger charge is 2.38. The van der Waals surface area contributed by atoms with E-state index in [-0.39, 0.29) is 11.3 Å². The highest BCUT2D eigenvalue weighted by atomic mass is 16.3. The maximum absolute atomic E-state index is 11.5. The van der Waals surface area contributed by atoms with Crippen LogP contribution in [0.4, 0.5) is 0 Å². The summed E-state index contributed by atoms with van der Waals surface area (Å²) in [4.78, 5) is 13.3. The Morgan fingerprint density at radius 3 is 2.36 bits per heavy atom. The lowest BCUT2D eigenvalue weighted by molar-refractivity contribution is -0.138. The number of carbonyl (C=O) groups is 1. The number of likely N-dealkylation sites (tertiary alicyclic amines) is 1. The Labute approximate surface area is 86.1 Å². The first-order chi connectivity index (χ1) is 6.37. The molecular weight excluding hydrogens is 178 g/mol. The molecule has 3 nitrogen and oxygen atoms in total. The molecule has 1 heterocycles. The predicted octanol–water partition coefficient (Wildman–Crippen LogP) is 1.26. The zero-order valence-electron chi connectivity index (χ0n) is 9.58. The molecule has 14 heavy (non-hydrogen) atoms. The van der Waals surface area contributed by atoms with Crippen LogP contribution in [0.1, 0.15) is 34.1 Å². The summed E-state index contributed by atoms with van der Waals surface area (Å²) in [6, 6.07) is 0. The summed E-state index contributed by atoms with van der Waals surface area (Å²) in [6.45, 7) is 9.71. The molecule has 0 aromatic heterocycles. The molecular formula is C11H21NO2. The third-order valence-electron chi connectivity index (χ3n) is 3.57. The van der Waals surface area contributed by atoms with E-state index in [0.717, 1.165) is 19.5 Å². The zero-order chi connectivity index (χ0) is 10.9. The summed E-state index contributed by atoms with van der Waals surface area (Å²) < 4.78 is 0. The Morgan fingerprint density at radius 2 is 2.00 bits per heavy atom. The second kappa shape index (κ2) is 3.89. The van der Waals surface area contributed by atoms with Crippen LogP contribution >= 0.6 is 0 Å². The minimum Gasteiger partial charge on any atom is -0.384 e. The van der Waals surface area contributed by atoms with E-state index in [4.69, 9.17) is 0 Å². The third-order valence-corrected chi connectivity index (χ3v) is 3.57. The number of nitrogens with zero attached hydrogens (tertiary/aromatic N) is 1. The fourth-order valence-electron chi connectivity index (χ4n) is 1.91. The van der Waals surface area contributed by atoms with Gasteiger partial charge in [0.2, 0.25) is 0 Å². The lowest BCUT2D eigenvalue weighted by atomic mass is 9.78. The van der Waals surface area contributed by atoms with Crippen LogP contribution in [-0.4, -0.2) is 35.1 Å². The smallest absolute Gasteiger partial charge is 0.251 e. The molecule has 1 aliphatic heterocycles. The number of aliphatic hydroxyl groups is 1. The van der Waals surface area contributed by atoms with E-state index < -0.39 is 6.10 Å². The van der Waals surface area contributed by atoms with Crippen LogP contribution in [0.2, 0.25) is 0 Å². The standard InChI is InChI=1S/C11H21NO2/c1-8(2)11(4)5-6-12(7-11)10(14)9(3)13/h8-9,13H,5-7H2,1-4H3/t9-,11-/m0/s1. The molecule has 0 radical (unpaired) electrons. The fraction of sp³-hybridized carbons (Fsp3) is 0.909. The van der Waals surface area contributed by atoms with Crippen LogP contribution in [0.15, 0.2) is 0 Å². The van der Waals surface area contributed by atoms with Gasteiger partial charge >= 0.3 is 0 Å². The highest BCUT2D eigenvalue weighted by molar-refractivity contribution is 5.80. The SMILES string of the molecule is CC(C)[C@@]1(C)CCN(C(=O)[C@H](C)O)C1. The molecule has 0 aliphatic carbocycles. The van der Waals surface area contributed by atoms with Crippen molar-refractivity contribution >= 4 is 5.91 Å². The first-order valence-corrected chi connectivity index (χ1v) is 5.33. The van der Waals surface area contributed by atoms with Crippen molar-refractivity contribution in [3.05, 3.63) is 0 Å². The van der Waals surface area contributed by atoms with E-state index in [2.05, 4.69) is 20.8 Å². The van der Waals surface area contributed by atoms with Crippen LogP contribution in [-0.2, 0) is 4.79 Å². The summed E-state index contributed by atoms with van der Waals surface area (Å²) >= 11 is 0. The quantitative estimate of drug-likeness (QED) is 0.727. The Bertz CT molecular complexity index is 225. The van der Waals surface area contributed by atoms with E-state index in [1.165, 1.54) is 6.92 Å². The number of carbonyl (C=O) groups excluding carboxylic acids is 1. The monoisotopic (exact) mass is 199 g/mol. The van der Waals surface area contributed by atoms with Gasteiger partial charge in [-0.15, -0.1) is 0 Å². The van der Waals surface area contributed by atoms with E-state index in [9.17, 15) is 9.90 Å². The minimum absolute atomic E-state index is 0.130. The predicted molar refractivity (Wildman–Crippen MR) is 55.8 cm³/mol. The van der Waals surface area contributed by atoms with Crippen molar-refractivity contribution < 1.29 is 9.90 Å². The van der Waals surface area contributed by atoms with Gasteiger partial charge < -0.3 is 10.0 Å². The topological polar surface area (TPSA) is 40.5 Å². The van der Waals surface area contributed by atoms with Crippen molar-refractivity contribution in [3.8, 4) is 0 Å². The van der Waals surface area contributed by atoms with Crippen LogP contribution in [0.3, 0.4) is 0 Å². The molecule has 1 fully saturated rings. The molecule has 0 aromatic carbocycles. The number of hydrogen-bond donors (Lipinski definition) is 1.